The first kappa shape index (κ1) is 10.3. The molecule has 0 aromatic heterocycles. The molecule has 4 heteroatoms. The minimum absolute atomic E-state index is 0.437. The van der Waals surface area contributed by atoms with Gasteiger partial charge in [0.05, 0.1) is 18.7 Å². The summed E-state index contributed by atoms with van der Waals surface area (Å²) in [6.45, 7) is 0.437. The molecule has 0 atom stereocenters. The Bertz CT molecular complexity index is 302. The predicted molar refractivity (Wildman–Crippen MR) is 55.1 cm³/mol. The standard InChI is InChI=1S/C9H12BrNO2/c1-12-8-6(5-11)3-4-7(10)9(8)13-2/h3-4H,5,11H2,1-2H3. The normalized spacial score (nSPS) is 9.85. The molecule has 0 amide bonds. The zero-order valence-electron chi connectivity index (χ0n) is 7.63. The highest BCUT2D eigenvalue weighted by atomic mass is 79.9. The van der Waals surface area contributed by atoms with E-state index >= 15 is 0 Å². The van der Waals surface area contributed by atoms with E-state index in [0.717, 1.165) is 10.0 Å². The molecule has 0 heterocycles. The van der Waals surface area contributed by atoms with Crippen LogP contribution in [0.2, 0.25) is 0 Å². The third kappa shape index (κ3) is 1.95. The fraction of sp³-hybridized carbons (Fsp3) is 0.333. The fourth-order valence-corrected chi connectivity index (χ4v) is 1.63. The summed E-state index contributed by atoms with van der Waals surface area (Å²) in [5.41, 5.74) is 6.48. The van der Waals surface area contributed by atoms with Crippen LogP contribution in [0, 0.1) is 0 Å². The van der Waals surface area contributed by atoms with E-state index in [2.05, 4.69) is 15.9 Å². The Labute approximate surface area is 86.0 Å². The number of hydrogen-bond donors (Lipinski definition) is 1. The molecule has 0 aliphatic rings. The van der Waals surface area contributed by atoms with Gasteiger partial charge in [-0.15, -0.1) is 0 Å². The van der Waals surface area contributed by atoms with Crippen LogP contribution in [-0.4, -0.2) is 14.2 Å². The van der Waals surface area contributed by atoms with Crippen molar-refractivity contribution in [1.29, 1.82) is 0 Å². The fourth-order valence-electron chi connectivity index (χ4n) is 1.15. The average molecular weight is 246 g/mol. The van der Waals surface area contributed by atoms with Crippen molar-refractivity contribution in [3.05, 3.63) is 22.2 Å². The van der Waals surface area contributed by atoms with Gasteiger partial charge in [-0.3, -0.25) is 0 Å². The number of methoxy groups -OCH3 is 2. The first-order valence-corrected chi connectivity index (χ1v) is 4.63. The van der Waals surface area contributed by atoms with Gasteiger partial charge >= 0.3 is 0 Å². The molecule has 0 saturated heterocycles. The van der Waals surface area contributed by atoms with Gasteiger partial charge in [-0.2, -0.15) is 0 Å². The van der Waals surface area contributed by atoms with Gasteiger partial charge in [0.2, 0.25) is 0 Å². The maximum absolute atomic E-state index is 5.55. The number of rotatable bonds is 3. The van der Waals surface area contributed by atoms with Crippen molar-refractivity contribution in [2.24, 2.45) is 5.73 Å². The molecule has 13 heavy (non-hydrogen) atoms. The summed E-state index contributed by atoms with van der Waals surface area (Å²) in [5.74, 6) is 1.38. The molecule has 0 bridgehead atoms. The predicted octanol–water partition coefficient (Wildman–Crippen LogP) is 1.92. The summed E-state index contributed by atoms with van der Waals surface area (Å²) in [6, 6.07) is 3.80. The molecule has 72 valence electrons. The second kappa shape index (κ2) is 4.48. The molecular formula is C9H12BrNO2. The molecule has 0 saturated carbocycles. The maximum Gasteiger partial charge on any atom is 0.175 e. The Morgan fingerprint density at radius 1 is 1.23 bits per heavy atom. The maximum atomic E-state index is 5.55. The lowest BCUT2D eigenvalue weighted by atomic mass is 10.2. The van der Waals surface area contributed by atoms with Crippen LogP contribution in [0.1, 0.15) is 5.56 Å². The number of benzene rings is 1. The van der Waals surface area contributed by atoms with Gasteiger partial charge < -0.3 is 15.2 Å². The lowest BCUT2D eigenvalue weighted by molar-refractivity contribution is 0.350. The zero-order valence-corrected chi connectivity index (χ0v) is 9.22. The molecule has 2 N–H and O–H groups in total. The van der Waals surface area contributed by atoms with E-state index in [9.17, 15) is 0 Å². The lowest BCUT2D eigenvalue weighted by Gasteiger charge is -2.12. The largest absolute Gasteiger partial charge is 0.492 e. The highest BCUT2D eigenvalue weighted by Crippen LogP contribution is 2.37. The highest BCUT2D eigenvalue weighted by molar-refractivity contribution is 9.10. The lowest BCUT2D eigenvalue weighted by Crippen LogP contribution is -2.01. The molecule has 1 aromatic rings. The Kier molecular flexibility index (Phi) is 3.57. The van der Waals surface area contributed by atoms with E-state index < -0.39 is 0 Å². The molecule has 1 rings (SSSR count). The average Bonchev–Trinajstić information content (AvgIpc) is 2.17. The van der Waals surface area contributed by atoms with Gasteiger partial charge in [-0.1, -0.05) is 6.07 Å². The SMILES string of the molecule is COc1c(Br)ccc(CN)c1OC. The van der Waals surface area contributed by atoms with Crippen LogP contribution in [-0.2, 0) is 6.54 Å². The molecule has 1 aromatic carbocycles. The van der Waals surface area contributed by atoms with Gasteiger partial charge in [-0.25, -0.2) is 0 Å². The van der Waals surface area contributed by atoms with Gasteiger partial charge in [-0.05, 0) is 22.0 Å². The van der Waals surface area contributed by atoms with Crippen LogP contribution in [0.4, 0.5) is 0 Å². The third-order valence-corrected chi connectivity index (χ3v) is 2.40. The second-order valence-electron chi connectivity index (χ2n) is 2.48. The summed E-state index contributed by atoms with van der Waals surface area (Å²) in [5, 5.41) is 0. The Balaban J connectivity index is 3.27. The van der Waals surface area contributed by atoms with Crippen molar-refractivity contribution < 1.29 is 9.47 Å². The van der Waals surface area contributed by atoms with Gasteiger partial charge in [0.25, 0.3) is 0 Å². The molecule has 3 nitrogen and oxygen atoms in total. The molecule has 0 fully saturated rings. The quantitative estimate of drug-likeness (QED) is 0.886. The van der Waals surface area contributed by atoms with Crippen LogP contribution in [0.3, 0.4) is 0 Å². The van der Waals surface area contributed by atoms with E-state index in [4.69, 9.17) is 15.2 Å². The van der Waals surface area contributed by atoms with Crippen molar-refractivity contribution in [3.63, 3.8) is 0 Å². The van der Waals surface area contributed by atoms with Crippen molar-refractivity contribution >= 4 is 15.9 Å². The first-order chi connectivity index (χ1) is 6.24. The number of nitrogens with two attached hydrogens (primary N) is 1. The minimum atomic E-state index is 0.437. The third-order valence-electron chi connectivity index (χ3n) is 1.77. The monoisotopic (exact) mass is 245 g/mol. The molecule has 0 aliphatic heterocycles. The second-order valence-corrected chi connectivity index (χ2v) is 3.33. The Morgan fingerprint density at radius 2 is 1.85 bits per heavy atom. The van der Waals surface area contributed by atoms with Gasteiger partial charge in [0.1, 0.15) is 0 Å². The van der Waals surface area contributed by atoms with Crippen molar-refractivity contribution in [2.75, 3.05) is 14.2 Å². The molecule has 0 radical (unpaired) electrons. The van der Waals surface area contributed by atoms with E-state index in [-0.39, 0.29) is 0 Å². The number of ether oxygens (including phenoxy) is 2. The molecular weight excluding hydrogens is 234 g/mol. The van der Waals surface area contributed by atoms with Crippen LogP contribution in [0.15, 0.2) is 16.6 Å². The summed E-state index contributed by atoms with van der Waals surface area (Å²) in [4.78, 5) is 0. The van der Waals surface area contributed by atoms with Crippen LogP contribution in [0.25, 0.3) is 0 Å². The molecule has 0 aliphatic carbocycles. The van der Waals surface area contributed by atoms with Crippen molar-refractivity contribution in [2.45, 2.75) is 6.54 Å². The Morgan fingerprint density at radius 3 is 2.31 bits per heavy atom. The molecule has 0 unspecified atom stereocenters. The van der Waals surface area contributed by atoms with Crippen LogP contribution < -0.4 is 15.2 Å². The summed E-state index contributed by atoms with van der Waals surface area (Å²) >= 11 is 3.37. The van der Waals surface area contributed by atoms with Crippen molar-refractivity contribution in [3.8, 4) is 11.5 Å². The zero-order chi connectivity index (χ0) is 9.84. The molecule has 0 spiro atoms. The topological polar surface area (TPSA) is 44.5 Å². The van der Waals surface area contributed by atoms with Gasteiger partial charge in [0.15, 0.2) is 11.5 Å². The first-order valence-electron chi connectivity index (χ1n) is 3.84. The van der Waals surface area contributed by atoms with E-state index in [1.807, 2.05) is 12.1 Å². The minimum Gasteiger partial charge on any atom is -0.492 e. The van der Waals surface area contributed by atoms with E-state index in [1.165, 1.54) is 0 Å². The summed E-state index contributed by atoms with van der Waals surface area (Å²) < 4.78 is 11.3. The number of hydrogen-bond acceptors (Lipinski definition) is 3. The summed E-state index contributed by atoms with van der Waals surface area (Å²) in [6.07, 6.45) is 0. The summed E-state index contributed by atoms with van der Waals surface area (Å²) in [7, 11) is 3.20. The number of halogens is 1. The highest BCUT2D eigenvalue weighted by Gasteiger charge is 2.11. The van der Waals surface area contributed by atoms with Crippen LogP contribution >= 0.6 is 15.9 Å². The van der Waals surface area contributed by atoms with Crippen molar-refractivity contribution in [1.82, 2.24) is 0 Å². The van der Waals surface area contributed by atoms with Gasteiger partial charge in [0, 0.05) is 12.1 Å². The van der Waals surface area contributed by atoms with E-state index in [1.54, 1.807) is 14.2 Å². The van der Waals surface area contributed by atoms with E-state index in [0.29, 0.717) is 18.0 Å². The Hall–Kier alpha value is -0.740. The smallest absolute Gasteiger partial charge is 0.175 e. The van der Waals surface area contributed by atoms with Crippen LogP contribution in [0.5, 0.6) is 11.5 Å².